The number of hydrogen-bond donors (Lipinski definition) is 1. The first-order chi connectivity index (χ1) is 6.74. The molecule has 14 heavy (non-hydrogen) atoms. The molecule has 1 saturated carbocycles. The van der Waals surface area contributed by atoms with E-state index in [0.29, 0.717) is 11.8 Å². The molecule has 0 radical (unpaired) electrons. The second-order valence-electron chi connectivity index (χ2n) is 3.97. The van der Waals surface area contributed by atoms with Crippen LogP contribution in [0, 0.1) is 17.8 Å². The van der Waals surface area contributed by atoms with Gasteiger partial charge >= 0.3 is 5.97 Å². The van der Waals surface area contributed by atoms with Crippen LogP contribution in [0.3, 0.4) is 0 Å². The van der Waals surface area contributed by atoms with E-state index in [9.17, 15) is 4.79 Å². The van der Waals surface area contributed by atoms with Crippen molar-refractivity contribution in [2.45, 2.75) is 12.5 Å². The Morgan fingerprint density at radius 1 is 1.57 bits per heavy atom. The van der Waals surface area contributed by atoms with Gasteiger partial charge in [-0.3, -0.25) is 4.79 Å². The van der Waals surface area contributed by atoms with Crippen LogP contribution < -0.4 is 5.73 Å². The summed E-state index contributed by atoms with van der Waals surface area (Å²) >= 11 is 0. The Labute approximate surface area is 83.6 Å². The van der Waals surface area contributed by atoms with Crippen LogP contribution in [0.15, 0.2) is 24.8 Å². The van der Waals surface area contributed by atoms with Gasteiger partial charge in [-0.05, 0) is 18.3 Å². The van der Waals surface area contributed by atoms with Gasteiger partial charge in [0.25, 0.3) is 0 Å². The molecule has 0 heterocycles. The number of nitrogens with two attached hydrogens (primary N) is 1. The van der Waals surface area contributed by atoms with Gasteiger partial charge in [-0.15, -0.1) is 0 Å². The van der Waals surface area contributed by atoms with Crippen molar-refractivity contribution >= 4 is 5.97 Å². The van der Waals surface area contributed by atoms with Crippen LogP contribution in [-0.4, -0.2) is 18.6 Å². The molecule has 2 bridgehead atoms. The van der Waals surface area contributed by atoms with Crippen molar-refractivity contribution in [1.29, 1.82) is 0 Å². The molecule has 2 N–H and O–H groups in total. The van der Waals surface area contributed by atoms with Gasteiger partial charge in [-0.1, -0.05) is 24.8 Å². The number of allylic oxidation sites excluding steroid dienone is 1. The number of carbonyl (C=O) groups is 1. The molecule has 0 amide bonds. The minimum absolute atomic E-state index is 0.0534. The molecule has 0 aromatic heterocycles. The SMILES string of the molecule is C=CCOC(=O)[C@@H]1[C@@H](N)[C@H]2C=C[C@@H]1C2. The maximum Gasteiger partial charge on any atom is 0.311 e. The largest absolute Gasteiger partial charge is 0.461 e. The molecule has 76 valence electrons. The van der Waals surface area contributed by atoms with Gasteiger partial charge in [0.05, 0.1) is 5.92 Å². The molecule has 0 saturated heterocycles. The fourth-order valence-corrected chi connectivity index (χ4v) is 2.43. The van der Waals surface area contributed by atoms with Crippen molar-refractivity contribution in [3.8, 4) is 0 Å². The molecule has 0 unspecified atom stereocenters. The molecule has 2 aliphatic carbocycles. The van der Waals surface area contributed by atoms with E-state index < -0.39 is 0 Å². The summed E-state index contributed by atoms with van der Waals surface area (Å²) in [6.07, 6.45) is 6.79. The highest BCUT2D eigenvalue weighted by molar-refractivity contribution is 5.75. The molecule has 3 heteroatoms. The lowest BCUT2D eigenvalue weighted by molar-refractivity contribution is -0.148. The molecule has 4 atom stereocenters. The van der Waals surface area contributed by atoms with Gasteiger partial charge in [0.1, 0.15) is 6.61 Å². The number of ether oxygens (including phenoxy) is 1. The number of hydrogen-bond acceptors (Lipinski definition) is 3. The van der Waals surface area contributed by atoms with Crippen molar-refractivity contribution in [2.24, 2.45) is 23.5 Å². The standard InChI is InChI=1S/C11H15NO2/c1-2-5-14-11(13)9-7-3-4-8(6-7)10(9)12/h2-4,7-10H,1,5-6,12H2/t7-,8+,9+,10+/m1/s1. The predicted octanol–water partition coefficient (Wildman–Crippen LogP) is 0.865. The lowest BCUT2D eigenvalue weighted by Gasteiger charge is -2.22. The minimum Gasteiger partial charge on any atom is -0.461 e. The van der Waals surface area contributed by atoms with Crippen molar-refractivity contribution in [3.05, 3.63) is 24.8 Å². The summed E-state index contributed by atoms with van der Waals surface area (Å²) in [6, 6.07) is -0.0534. The van der Waals surface area contributed by atoms with E-state index in [1.54, 1.807) is 6.08 Å². The molecule has 2 aliphatic rings. The van der Waals surface area contributed by atoms with Crippen molar-refractivity contribution in [1.82, 2.24) is 0 Å². The van der Waals surface area contributed by atoms with Crippen LogP contribution in [0.2, 0.25) is 0 Å². The summed E-state index contributed by atoms with van der Waals surface area (Å²) in [5.74, 6) is 0.368. The van der Waals surface area contributed by atoms with E-state index >= 15 is 0 Å². The summed E-state index contributed by atoms with van der Waals surface area (Å²) in [6.45, 7) is 3.78. The van der Waals surface area contributed by atoms with Crippen LogP contribution in [0.1, 0.15) is 6.42 Å². The smallest absolute Gasteiger partial charge is 0.311 e. The highest BCUT2D eigenvalue weighted by Crippen LogP contribution is 2.43. The molecule has 0 aliphatic heterocycles. The van der Waals surface area contributed by atoms with E-state index in [1.165, 1.54) is 0 Å². The fourth-order valence-electron chi connectivity index (χ4n) is 2.43. The average molecular weight is 193 g/mol. The zero-order valence-electron chi connectivity index (χ0n) is 8.06. The fraction of sp³-hybridized carbons (Fsp3) is 0.545. The number of esters is 1. The Morgan fingerprint density at radius 3 is 2.86 bits per heavy atom. The second-order valence-corrected chi connectivity index (χ2v) is 3.97. The topological polar surface area (TPSA) is 52.3 Å². The van der Waals surface area contributed by atoms with E-state index in [-0.39, 0.29) is 24.5 Å². The van der Waals surface area contributed by atoms with Gasteiger partial charge in [0.2, 0.25) is 0 Å². The van der Waals surface area contributed by atoms with Gasteiger partial charge in [0.15, 0.2) is 0 Å². The van der Waals surface area contributed by atoms with E-state index in [0.717, 1.165) is 6.42 Å². The lowest BCUT2D eigenvalue weighted by Crippen LogP contribution is -2.39. The summed E-state index contributed by atoms with van der Waals surface area (Å²) in [5, 5.41) is 0. The molecule has 0 spiro atoms. The Kier molecular flexibility index (Phi) is 2.42. The van der Waals surface area contributed by atoms with E-state index in [1.807, 2.05) is 0 Å². The van der Waals surface area contributed by atoms with Crippen molar-refractivity contribution < 1.29 is 9.53 Å². The second kappa shape index (κ2) is 3.58. The zero-order chi connectivity index (χ0) is 10.1. The van der Waals surface area contributed by atoms with Crippen LogP contribution in [0.4, 0.5) is 0 Å². The van der Waals surface area contributed by atoms with Crippen LogP contribution in [0.25, 0.3) is 0 Å². The highest BCUT2D eigenvalue weighted by atomic mass is 16.5. The third kappa shape index (κ3) is 1.38. The minimum atomic E-state index is -0.172. The van der Waals surface area contributed by atoms with Gasteiger partial charge in [-0.25, -0.2) is 0 Å². The molecular weight excluding hydrogens is 178 g/mol. The van der Waals surface area contributed by atoms with E-state index in [2.05, 4.69) is 18.7 Å². The van der Waals surface area contributed by atoms with Crippen LogP contribution in [-0.2, 0) is 9.53 Å². The normalized spacial score (nSPS) is 38.6. The third-order valence-electron chi connectivity index (χ3n) is 3.14. The van der Waals surface area contributed by atoms with Crippen LogP contribution >= 0.6 is 0 Å². The summed E-state index contributed by atoms with van der Waals surface area (Å²) < 4.78 is 5.03. The molecule has 3 nitrogen and oxygen atoms in total. The molecule has 2 rings (SSSR count). The number of rotatable bonds is 3. The van der Waals surface area contributed by atoms with E-state index in [4.69, 9.17) is 10.5 Å². The summed E-state index contributed by atoms with van der Waals surface area (Å²) in [7, 11) is 0. The summed E-state index contributed by atoms with van der Waals surface area (Å²) in [4.78, 5) is 11.6. The zero-order valence-corrected chi connectivity index (χ0v) is 8.06. The Bertz CT molecular complexity index is 285. The lowest BCUT2D eigenvalue weighted by atomic mass is 9.90. The van der Waals surface area contributed by atoms with Crippen molar-refractivity contribution in [2.75, 3.05) is 6.61 Å². The number of fused-ring (bicyclic) bond motifs is 2. The maximum absolute atomic E-state index is 11.6. The molecular formula is C11H15NO2. The monoisotopic (exact) mass is 193 g/mol. The molecule has 1 fully saturated rings. The van der Waals surface area contributed by atoms with Gasteiger partial charge in [-0.2, -0.15) is 0 Å². The summed E-state index contributed by atoms with van der Waals surface area (Å²) in [5.41, 5.74) is 5.96. The first-order valence-corrected chi connectivity index (χ1v) is 4.95. The Hall–Kier alpha value is -1.09. The highest BCUT2D eigenvalue weighted by Gasteiger charge is 2.47. The Morgan fingerprint density at radius 2 is 2.29 bits per heavy atom. The number of carbonyl (C=O) groups excluding carboxylic acids is 1. The average Bonchev–Trinajstić information content (AvgIpc) is 2.74. The third-order valence-corrected chi connectivity index (χ3v) is 3.14. The van der Waals surface area contributed by atoms with Gasteiger partial charge in [0, 0.05) is 6.04 Å². The molecule has 0 aromatic carbocycles. The first-order valence-electron chi connectivity index (χ1n) is 4.95. The van der Waals surface area contributed by atoms with Crippen LogP contribution in [0.5, 0.6) is 0 Å². The Balaban J connectivity index is 2.01. The predicted molar refractivity (Wildman–Crippen MR) is 53.4 cm³/mol. The quantitative estimate of drug-likeness (QED) is 0.534. The first kappa shape index (κ1) is 9.46. The maximum atomic E-state index is 11.6. The molecule has 0 aromatic rings. The van der Waals surface area contributed by atoms with Crippen molar-refractivity contribution in [3.63, 3.8) is 0 Å². The van der Waals surface area contributed by atoms with Gasteiger partial charge < -0.3 is 10.5 Å².